The van der Waals surface area contributed by atoms with Gasteiger partial charge in [0.1, 0.15) is 0 Å². The van der Waals surface area contributed by atoms with Crippen molar-refractivity contribution in [2.24, 2.45) is 11.3 Å². The summed E-state index contributed by atoms with van der Waals surface area (Å²) >= 11 is 1.81. The van der Waals surface area contributed by atoms with E-state index in [-0.39, 0.29) is 0 Å². The quantitative estimate of drug-likeness (QED) is 0.789. The summed E-state index contributed by atoms with van der Waals surface area (Å²) < 4.78 is 0. The fourth-order valence-electron chi connectivity index (χ4n) is 3.44. The molecule has 1 aliphatic carbocycles. The Morgan fingerprint density at radius 3 is 2.57 bits per heavy atom. The van der Waals surface area contributed by atoms with Crippen molar-refractivity contribution in [3.63, 3.8) is 0 Å². The molecule has 1 aliphatic rings. The number of hydrogen-bond acceptors (Lipinski definition) is 2. The molecule has 2 heteroatoms. The van der Waals surface area contributed by atoms with Gasteiger partial charge in [0.2, 0.25) is 0 Å². The molecule has 0 saturated heterocycles. The molecule has 1 heterocycles. The molecule has 1 fully saturated rings. The lowest BCUT2D eigenvalue weighted by Crippen LogP contribution is -2.60. The summed E-state index contributed by atoms with van der Waals surface area (Å²) in [7, 11) is 2.08. The average molecular weight is 209 g/mol. The maximum Gasteiger partial charge on any atom is 0.0153 e. The molecule has 78 valence electrons. The van der Waals surface area contributed by atoms with E-state index in [4.69, 9.17) is 0 Å². The SMILES string of the molecule is CNC1C(C)C(c2ccsc2)C1(C)C. The molecule has 0 aromatic carbocycles. The van der Waals surface area contributed by atoms with Crippen LogP contribution in [0.1, 0.15) is 32.3 Å². The maximum absolute atomic E-state index is 3.44. The highest BCUT2D eigenvalue weighted by Crippen LogP contribution is 2.56. The molecule has 2 rings (SSSR count). The van der Waals surface area contributed by atoms with Gasteiger partial charge in [-0.05, 0) is 46.7 Å². The molecular weight excluding hydrogens is 190 g/mol. The van der Waals surface area contributed by atoms with Crippen LogP contribution in [-0.4, -0.2) is 13.1 Å². The van der Waals surface area contributed by atoms with Crippen molar-refractivity contribution in [3.8, 4) is 0 Å². The minimum atomic E-state index is 0.398. The summed E-state index contributed by atoms with van der Waals surface area (Å²) in [6.07, 6.45) is 0. The van der Waals surface area contributed by atoms with Crippen molar-refractivity contribution >= 4 is 11.3 Å². The number of hydrogen-bond donors (Lipinski definition) is 1. The molecule has 1 N–H and O–H groups in total. The molecule has 3 unspecified atom stereocenters. The Labute approximate surface area is 90.5 Å². The summed E-state index contributed by atoms with van der Waals surface area (Å²) in [5.41, 5.74) is 1.92. The van der Waals surface area contributed by atoms with Gasteiger partial charge in [0.15, 0.2) is 0 Å². The van der Waals surface area contributed by atoms with Crippen LogP contribution in [-0.2, 0) is 0 Å². The van der Waals surface area contributed by atoms with Crippen molar-refractivity contribution in [2.75, 3.05) is 7.05 Å². The highest BCUT2D eigenvalue weighted by molar-refractivity contribution is 7.08. The molecule has 0 aliphatic heterocycles. The minimum Gasteiger partial charge on any atom is -0.316 e. The van der Waals surface area contributed by atoms with Gasteiger partial charge in [-0.3, -0.25) is 0 Å². The zero-order chi connectivity index (χ0) is 10.3. The van der Waals surface area contributed by atoms with Crippen LogP contribution >= 0.6 is 11.3 Å². The highest BCUT2D eigenvalue weighted by atomic mass is 32.1. The summed E-state index contributed by atoms with van der Waals surface area (Å²) in [5.74, 6) is 1.48. The van der Waals surface area contributed by atoms with E-state index in [0.29, 0.717) is 11.5 Å². The summed E-state index contributed by atoms with van der Waals surface area (Å²) in [4.78, 5) is 0. The Morgan fingerprint density at radius 2 is 2.14 bits per heavy atom. The van der Waals surface area contributed by atoms with Crippen LogP contribution in [0.25, 0.3) is 0 Å². The van der Waals surface area contributed by atoms with Crippen molar-refractivity contribution < 1.29 is 0 Å². The van der Waals surface area contributed by atoms with Gasteiger partial charge in [0, 0.05) is 6.04 Å². The first-order chi connectivity index (χ1) is 6.59. The zero-order valence-corrected chi connectivity index (χ0v) is 10.2. The Balaban J connectivity index is 2.23. The predicted octanol–water partition coefficient (Wildman–Crippen LogP) is 3.10. The van der Waals surface area contributed by atoms with E-state index in [1.54, 1.807) is 0 Å². The fraction of sp³-hybridized carbons (Fsp3) is 0.667. The molecule has 1 aromatic rings. The second-order valence-corrected chi connectivity index (χ2v) is 5.76. The van der Waals surface area contributed by atoms with Gasteiger partial charge >= 0.3 is 0 Å². The van der Waals surface area contributed by atoms with Gasteiger partial charge in [0.05, 0.1) is 0 Å². The molecule has 0 radical (unpaired) electrons. The molecule has 0 bridgehead atoms. The monoisotopic (exact) mass is 209 g/mol. The van der Waals surface area contributed by atoms with E-state index in [1.807, 2.05) is 11.3 Å². The molecule has 14 heavy (non-hydrogen) atoms. The second kappa shape index (κ2) is 3.35. The van der Waals surface area contributed by atoms with E-state index in [1.165, 1.54) is 5.56 Å². The minimum absolute atomic E-state index is 0.398. The second-order valence-electron chi connectivity index (χ2n) is 4.98. The van der Waals surface area contributed by atoms with E-state index < -0.39 is 0 Å². The van der Waals surface area contributed by atoms with Crippen molar-refractivity contribution in [2.45, 2.75) is 32.7 Å². The molecule has 1 saturated carbocycles. The van der Waals surface area contributed by atoms with Gasteiger partial charge in [-0.1, -0.05) is 20.8 Å². The van der Waals surface area contributed by atoms with Crippen molar-refractivity contribution in [1.82, 2.24) is 5.32 Å². The number of thiophene rings is 1. The lowest BCUT2D eigenvalue weighted by Gasteiger charge is -2.57. The Morgan fingerprint density at radius 1 is 1.43 bits per heavy atom. The molecular formula is C12H19NS. The van der Waals surface area contributed by atoms with E-state index in [2.05, 4.69) is 50.0 Å². The topological polar surface area (TPSA) is 12.0 Å². The average Bonchev–Trinajstić information content (AvgIpc) is 2.57. The van der Waals surface area contributed by atoms with Crippen LogP contribution in [0, 0.1) is 11.3 Å². The Kier molecular flexibility index (Phi) is 2.44. The third-order valence-electron chi connectivity index (χ3n) is 3.87. The zero-order valence-electron chi connectivity index (χ0n) is 9.37. The van der Waals surface area contributed by atoms with Crippen LogP contribution in [0.15, 0.2) is 16.8 Å². The highest BCUT2D eigenvalue weighted by Gasteiger charge is 2.53. The largest absolute Gasteiger partial charge is 0.316 e. The maximum atomic E-state index is 3.44. The van der Waals surface area contributed by atoms with Crippen molar-refractivity contribution in [1.29, 1.82) is 0 Å². The normalized spacial score (nSPS) is 35.3. The third kappa shape index (κ3) is 1.24. The number of nitrogens with one attached hydrogen (secondary N) is 1. The van der Waals surface area contributed by atoms with Gasteiger partial charge in [-0.25, -0.2) is 0 Å². The molecule has 0 amide bonds. The standard InChI is InChI=1S/C12H19NS/c1-8-10(9-5-6-14-7-9)12(2,3)11(8)13-4/h5-8,10-11,13H,1-4H3. The molecule has 0 spiro atoms. The van der Waals surface area contributed by atoms with Crippen LogP contribution in [0.5, 0.6) is 0 Å². The third-order valence-corrected chi connectivity index (χ3v) is 4.57. The molecule has 3 atom stereocenters. The first-order valence-electron chi connectivity index (χ1n) is 5.28. The predicted molar refractivity (Wildman–Crippen MR) is 62.9 cm³/mol. The van der Waals surface area contributed by atoms with E-state index in [9.17, 15) is 0 Å². The van der Waals surface area contributed by atoms with Crippen LogP contribution in [0.4, 0.5) is 0 Å². The van der Waals surface area contributed by atoms with Crippen LogP contribution in [0.2, 0.25) is 0 Å². The summed E-state index contributed by atoms with van der Waals surface area (Å²) in [6.45, 7) is 7.10. The first kappa shape index (κ1) is 10.2. The van der Waals surface area contributed by atoms with Gasteiger partial charge < -0.3 is 5.32 Å². The first-order valence-corrected chi connectivity index (χ1v) is 6.22. The van der Waals surface area contributed by atoms with Crippen molar-refractivity contribution in [3.05, 3.63) is 22.4 Å². The van der Waals surface area contributed by atoms with Gasteiger partial charge in [-0.15, -0.1) is 0 Å². The van der Waals surface area contributed by atoms with Crippen LogP contribution in [0.3, 0.4) is 0 Å². The summed E-state index contributed by atoms with van der Waals surface area (Å²) in [5, 5.41) is 7.92. The lowest BCUT2D eigenvalue weighted by molar-refractivity contribution is 0.00532. The smallest absolute Gasteiger partial charge is 0.0153 e. The van der Waals surface area contributed by atoms with E-state index >= 15 is 0 Å². The van der Waals surface area contributed by atoms with Crippen LogP contribution < -0.4 is 5.32 Å². The molecule has 1 aromatic heterocycles. The molecule has 1 nitrogen and oxygen atoms in total. The summed E-state index contributed by atoms with van der Waals surface area (Å²) in [6, 6.07) is 2.94. The Hall–Kier alpha value is -0.340. The van der Waals surface area contributed by atoms with Gasteiger partial charge in [-0.2, -0.15) is 11.3 Å². The fourth-order valence-corrected chi connectivity index (χ4v) is 4.14. The van der Waals surface area contributed by atoms with E-state index in [0.717, 1.165) is 11.8 Å². The number of rotatable bonds is 2. The Bertz CT molecular complexity index is 302. The van der Waals surface area contributed by atoms with Gasteiger partial charge in [0.25, 0.3) is 0 Å². The lowest BCUT2D eigenvalue weighted by atomic mass is 9.51.